The van der Waals surface area contributed by atoms with Crippen LogP contribution in [0.25, 0.3) is 0 Å². The van der Waals surface area contributed by atoms with E-state index < -0.39 is 0 Å². The molecule has 9 nitrogen and oxygen atoms in total. The Kier molecular flexibility index (Phi) is 4.18. The molecule has 1 saturated heterocycles. The Labute approximate surface area is 134 Å². The monoisotopic (exact) mass is 320 g/mol. The van der Waals surface area contributed by atoms with Crippen molar-refractivity contribution in [1.82, 2.24) is 14.9 Å². The van der Waals surface area contributed by atoms with Crippen LogP contribution in [0.2, 0.25) is 0 Å². The van der Waals surface area contributed by atoms with Crippen molar-refractivity contribution in [2.75, 3.05) is 48.3 Å². The number of hydrogen-bond donors (Lipinski definition) is 2. The normalized spacial score (nSPS) is 20.4. The van der Waals surface area contributed by atoms with E-state index in [9.17, 15) is 9.59 Å². The number of fused-ring (bicyclic) bond motifs is 1. The molecule has 0 radical (unpaired) electrons. The Morgan fingerprint density at radius 1 is 1.35 bits per heavy atom. The van der Waals surface area contributed by atoms with Crippen molar-refractivity contribution >= 4 is 29.3 Å². The summed E-state index contributed by atoms with van der Waals surface area (Å²) in [7, 11) is 0. The summed E-state index contributed by atoms with van der Waals surface area (Å²) in [5, 5.41) is 5.91. The molecule has 0 bridgehead atoms. The van der Waals surface area contributed by atoms with Crippen molar-refractivity contribution in [3.8, 4) is 0 Å². The topological polar surface area (TPSA) is 99.7 Å². The average molecular weight is 320 g/mol. The van der Waals surface area contributed by atoms with Crippen LogP contribution in [-0.4, -0.2) is 65.7 Å². The summed E-state index contributed by atoms with van der Waals surface area (Å²) in [5.41, 5.74) is 0.597. The number of anilines is 3. The number of hydrogen-bond acceptors (Lipinski definition) is 7. The number of nitrogens with zero attached hydrogens (tertiary/aromatic N) is 4. The van der Waals surface area contributed by atoms with Crippen LogP contribution >= 0.6 is 0 Å². The van der Waals surface area contributed by atoms with Gasteiger partial charge in [0.1, 0.15) is 18.1 Å². The number of aromatic nitrogens is 2. The summed E-state index contributed by atoms with van der Waals surface area (Å²) in [6, 6.07) is -0.328. The molecule has 0 aromatic carbocycles. The molecular weight excluding hydrogens is 300 g/mol. The van der Waals surface area contributed by atoms with Crippen molar-refractivity contribution in [2.24, 2.45) is 0 Å². The highest BCUT2D eigenvalue weighted by molar-refractivity contribution is 6.04. The molecule has 1 aromatic rings. The fourth-order valence-electron chi connectivity index (χ4n) is 2.66. The van der Waals surface area contributed by atoms with Gasteiger partial charge >= 0.3 is 6.09 Å². The summed E-state index contributed by atoms with van der Waals surface area (Å²) in [6.07, 6.45) is 1.18. The van der Waals surface area contributed by atoms with Gasteiger partial charge in [-0.2, -0.15) is 0 Å². The number of carbonyl (C=O) groups excluding carboxylic acids is 2. The Morgan fingerprint density at radius 2 is 2.09 bits per heavy atom. The van der Waals surface area contributed by atoms with E-state index in [1.165, 1.54) is 6.33 Å². The standard InChI is InChI=1S/C14H20N6O3/c1-3-23-14(22)20-6-4-19(5-7-20)12-10-11(15-8-16-12)17-9(2)13(21)18-10/h8-9H,3-7H2,1-2H3,(H,18,21)(H,15,16,17). The molecule has 1 fully saturated rings. The van der Waals surface area contributed by atoms with E-state index in [1.807, 2.05) is 4.90 Å². The summed E-state index contributed by atoms with van der Waals surface area (Å²) in [5.74, 6) is 1.18. The summed E-state index contributed by atoms with van der Waals surface area (Å²) in [4.78, 5) is 35.8. The smallest absolute Gasteiger partial charge is 0.409 e. The number of rotatable bonds is 2. The van der Waals surface area contributed by atoms with E-state index in [0.717, 1.165) is 0 Å². The van der Waals surface area contributed by atoms with Gasteiger partial charge in [0.25, 0.3) is 0 Å². The number of amides is 2. The molecule has 2 aliphatic rings. The maximum Gasteiger partial charge on any atom is 0.409 e. The molecule has 3 rings (SSSR count). The van der Waals surface area contributed by atoms with Crippen LogP contribution in [-0.2, 0) is 9.53 Å². The third-order valence-corrected chi connectivity index (χ3v) is 3.93. The molecule has 0 saturated carbocycles. The van der Waals surface area contributed by atoms with Gasteiger partial charge in [-0.25, -0.2) is 14.8 Å². The van der Waals surface area contributed by atoms with Gasteiger partial charge in [0.05, 0.1) is 6.61 Å². The molecule has 124 valence electrons. The van der Waals surface area contributed by atoms with Crippen LogP contribution in [0.5, 0.6) is 0 Å². The van der Waals surface area contributed by atoms with Crippen molar-refractivity contribution in [3.05, 3.63) is 6.33 Å². The molecule has 1 unspecified atom stereocenters. The van der Waals surface area contributed by atoms with Crippen LogP contribution in [0, 0.1) is 0 Å². The van der Waals surface area contributed by atoms with Crippen molar-refractivity contribution < 1.29 is 14.3 Å². The highest BCUT2D eigenvalue weighted by Crippen LogP contribution is 2.33. The van der Waals surface area contributed by atoms with Gasteiger partial charge in [0.2, 0.25) is 5.91 Å². The van der Waals surface area contributed by atoms with Gasteiger partial charge in [-0.15, -0.1) is 0 Å². The van der Waals surface area contributed by atoms with E-state index in [-0.39, 0.29) is 18.0 Å². The van der Waals surface area contributed by atoms with Crippen LogP contribution in [0.1, 0.15) is 13.8 Å². The zero-order valence-corrected chi connectivity index (χ0v) is 13.2. The maximum atomic E-state index is 11.9. The molecule has 0 spiro atoms. The van der Waals surface area contributed by atoms with Gasteiger partial charge in [-0.05, 0) is 13.8 Å². The number of piperazine rings is 1. The first-order chi connectivity index (χ1) is 11.1. The average Bonchev–Trinajstić information content (AvgIpc) is 2.56. The SMILES string of the molecule is CCOC(=O)N1CCN(c2ncnc3c2NC(=O)C(C)N3)CC1. The van der Waals surface area contributed by atoms with E-state index in [0.29, 0.717) is 50.1 Å². The van der Waals surface area contributed by atoms with Crippen molar-refractivity contribution in [1.29, 1.82) is 0 Å². The van der Waals surface area contributed by atoms with E-state index in [4.69, 9.17) is 4.74 Å². The second kappa shape index (κ2) is 6.27. The fourth-order valence-corrected chi connectivity index (χ4v) is 2.66. The molecule has 1 aromatic heterocycles. The lowest BCUT2D eigenvalue weighted by molar-refractivity contribution is -0.116. The molecule has 3 heterocycles. The van der Waals surface area contributed by atoms with Crippen LogP contribution in [0.3, 0.4) is 0 Å². The summed E-state index contributed by atoms with van der Waals surface area (Å²) >= 11 is 0. The summed E-state index contributed by atoms with van der Waals surface area (Å²) < 4.78 is 5.01. The Bertz CT molecular complexity index is 615. The van der Waals surface area contributed by atoms with E-state index in [1.54, 1.807) is 18.7 Å². The van der Waals surface area contributed by atoms with E-state index in [2.05, 4.69) is 20.6 Å². The molecule has 9 heteroatoms. The zero-order valence-electron chi connectivity index (χ0n) is 13.2. The van der Waals surface area contributed by atoms with Gasteiger partial charge in [0, 0.05) is 26.2 Å². The van der Waals surface area contributed by atoms with E-state index >= 15 is 0 Å². The van der Waals surface area contributed by atoms with Crippen LogP contribution in [0.4, 0.5) is 22.1 Å². The number of carbonyl (C=O) groups is 2. The maximum absolute atomic E-state index is 11.9. The largest absolute Gasteiger partial charge is 0.450 e. The van der Waals surface area contributed by atoms with Crippen LogP contribution < -0.4 is 15.5 Å². The first-order valence-corrected chi connectivity index (χ1v) is 7.69. The lowest BCUT2D eigenvalue weighted by atomic mass is 10.2. The van der Waals surface area contributed by atoms with Crippen molar-refractivity contribution in [2.45, 2.75) is 19.9 Å². The highest BCUT2D eigenvalue weighted by atomic mass is 16.6. The Balaban J connectivity index is 1.73. The summed E-state index contributed by atoms with van der Waals surface area (Å²) in [6.45, 7) is 6.27. The first kappa shape index (κ1) is 15.3. The quantitative estimate of drug-likeness (QED) is 0.819. The second-order valence-electron chi connectivity index (χ2n) is 5.45. The Hall–Kier alpha value is -2.58. The second-order valence-corrected chi connectivity index (χ2v) is 5.45. The lowest BCUT2D eigenvalue weighted by Crippen LogP contribution is -2.49. The van der Waals surface area contributed by atoms with Crippen LogP contribution in [0.15, 0.2) is 6.33 Å². The molecule has 23 heavy (non-hydrogen) atoms. The molecular formula is C14H20N6O3. The molecule has 2 aliphatic heterocycles. The molecule has 2 amide bonds. The van der Waals surface area contributed by atoms with Gasteiger partial charge in [-0.1, -0.05) is 0 Å². The fraction of sp³-hybridized carbons (Fsp3) is 0.571. The van der Waals surface area contributed by atoms with Crippen molar-refractivity contribution in [3.63, 3.8) is 0 Å². The first-order valence-electron chi connectivity index (χ1n) is 7.69. The van der Waals surface area contributed by atoms with Gasteiger partial charge in [-0.3, -0.25) is 4.79 Å². The minimum Gasteiger partial charge on any atom is -0.450 e. The lowest BCUT2D eigenvalue weighted by Gasteiger charge is -2.36. The minimum atomic E-state index is -0.328. The predicted octanol–water partition coefficient (Wildman–Crippen LogP) is 0.508. The predicted molar refractivity (Wildman–Crippen MR) is 84.6 cm³/mol. The third-order valence-electron chi connectivity index (χ3n) is 3.93. The number of ether oxygens (including phenoxy) is 1. The zero-order chi connectivity index (χ0) is 16.4. The van der Waals surface area contributed by atoms with Gasteiger partial charge in [0.15, 0.2) is 11.6 Å². The van der Waals surface area contributed by atoms with Gasteiger partial charge < -0.3 is 25.2 Å². The Morgan fingerprint density at radius 3 is 2.78 bits per heavy atom. The third kappa shape index (κ3) is 2.99. The molecule has 0 aliphatic carbocycles. The minimum absolute atomic E-state index is 0.112. The highest BCUT2D eigenvalue weighted by Gasteiger charge is 2.29. The molecule has 1 atom stereocenters. The molecule has 2 N–H and O–H groups in total. The number of nitrogens with one attached hydrogen (secondary N) is 2.